The summed E-state index contributed by atoms with van der Waals surface area (Å²) in [5.74, 6) is -0.650. The molecule has 3 rings (SSSR count). The Morgan fingerprint density at radius 2 is 2.00 bits per heavy atom. The second-order valence-corrected chi connectivity index (χ2v) is 8.07. The van der Waals surface area contributed by atoms with Gasteiger partial charge < -0.3 is 5.32 Å². The molecular weight excluding hydrogens is 404 g/mol. The molecule has 2 aromatic carbocycles. The Morgan fingerprint density at radius 1 is 1.27 bits per heavy atom. The molecule has 0 aromatic heterocycles. The van der Waals surface area contributed by atoms with Crippen LogP contribution in [0.15, 0.2) is 47.5 Å². The van der Waals surface area contributed by atoms with Gasteiger partial charge in [-0.15, -0.1) is 0 Å². The zero-order valence-corrected chi connectivity index (χ0v) is 17.7. The van der Waals surface area contributed by atoms with E-state index in [0.29, 0.717) is 11.7 Å². The van der Waals surface area contributed by atoms with E-state index in [4.69, 9.17) is 0 Å². The maximum absolute atomic E-state index is 12.8. The summed E-state index contributed by atoms with van der Waals surface area (Å²) in [4.78, 5) is 42.1. The fourth-order valence-electron chi connectivity index (χ4n) is 3.07. The van der Waals surface area contributed by atoms with E-state index in [1.54, 1.807) is 11.0 Å². The lowest BCUT2D eigenvalue weighted by Gasteiger charge is -2.14. The van der Waals surface area contributed by atoms with E-state index in [1.165, 1.54) is 30.0 Å². The van der Waals surface area contributed by atoms with Crippen molar-refractivity contribution in [2.45, 2.75) is 32.4 Å². The first-order chi connectivity index (χ1) is 14.3. The van der Waals surface area contributed by atoms with Gasteiger partial charge >= 0.3 is 0 Å². The lowest BCUT2D eigenvalue weighted by atomic mass is 10.1. The number of nitro benzene ring substituents is 1. The molecule has 9 heteroatoms. The topological polar surface area (TPSA) is 105 Å². The van der Waals surface area contributed by atoms with Gasteiger partial charge in [-0.2, -0.15) is 0 Å². The smallest absolute Gasteiger partial charge is 0.292 e. The van der Waals surface area contributed by atoms with E-state index in [2.05, 4.69) is 10.3 Å². The summed E-state index contributed by atoms with van der Waals surface area (Å²) in [5, 5.41) is 13.6. The molecule has 0 bridgehead atoms. The zero-order chi connectivity index (χ0) is 21.8. The van der Waals surface area contributed by atoms with Gasteiger partial charge in [-0.05, 0) is 44.0 Å². The van der Waals surface area contributed by atoms with Crippen LogP contribution >= 0.6 is 11.8 Å². The Morgan fingerprint density at radius 3 is 2.70 bits per heavy atom. The van der Waals surface area contributed by atoms with Crippen LogP contribution in [0.3, 0.4) is 0 Å². The molecule has 1 unspecified atom stereocenters. The van der Waals surface area contributed by atoms with Crippen LogP contribution in [0.1, 0.15) is 24.5 Å². The molecule has 1 atom stereocenters. The summed E-state index contributed by atoms with van der Waals surface area (Å²) < 4.78 is 0. The number of nitro groups is 1. The van der Waals surface area contributed by atoms with Crippen LogP contribution in [0.2, 0.25) is 0 Å². The predicted molar refractivity (Wildman–Crippen MR) is 118 cm³/mol. The van der Waals surface area contributed by atoms with Gasteiger partial charge in [0.25, 0.3) is 5.69 Å². The quantitative estimate of drug-likeness (QED) is 0.551. The van der Waals surface area contributed by atoms with Gasteiger partial charge in [-0.3, -0.25) is 24.6 Å². The predicted octanol–water partition coefficient (Wildman–Crippen LogP) is 4.19. The Bertz CT molecular complexity index is 1040. The molecule has 1 fully saturated rings. The number of benzene rings is 2. The van der Waals surface area contributed by atoms with Crippen molar-refractivity contribution in [3.05, 3.63) is 63.7 Å². The third kappa shape index (κ3) is 4.68. The van der Waals surface area contributed by atoms with Gasteiger partial charge in [-0.25, -0.2) is 4.99 Å². The molecule has 1 aliphatic heterocycles. The second-order valence-electron chi connectivity index (χ2n) is 6.90. The highest BCUT2D eigenvalue weighted by atomic mass is 32.2. The van der Waals surface area contributed by atoms with Crippen molar-refractivity contribution in [3.8, 4) is 0 Å². The van der Waals surface area contributed by atoms with Gasteiger partial charge in [0.15, 0.2) is 5.17 Å². The van der Waals surface area contributed by atoms with Gasteiger partial charge in [0, 0.05) is 19.0 Å². The summed E-state index contributed by atoms with van der Waals surface area (Å²) in [7, 11) is 0. The van der Waals surface area contributed by atoms with E-state index < -0.39 is 16.1 Å². The van der Waals surface area contributed by atoms with Crippen LogP contribution < -0.4 is 5.32 Å². The molecule has 1 saturated heterocycles. The summed E-state index contributed by atoms with van der Waals surface area (Å²) in [6.07, 6.45) is -0.0993. The minimum atomic E-state index is -0.628. The Hall–Kier alpha value is -3.20. The minimum Gasteiger partial charge on any atom is -0.320 e. The average Bonchev–Trinajstić information content (AvgIpc) is 2.99. The number of amidine groups is 1. The Labute approximate surface area is 178 Å². The lowest BCUT2D eigenvalue weighted by molar-refractivity contribution is -0.383. The number of carbonyl (C=O) groups is 2. The molecule has 8 nitrogen and oxygen atoms in total. The Kier molecular flexibility index (Phi) is 6.51. The molecule has 0 aliphatic carbocycles. The van der Waals surface area contributed by atoms with Gasteiger partial charge in [0.05, 0.1) is 10.6 Å². The maximum Gasteiger partial charge on any atom is 0.292 e. The van der Waals surface area contributed by atoms with Crippen molar-refractivity contribution in [1.29, 1.82) is 0 Å². The monoisotopic (exact) mass is 426 g/mol. The molecule has 30 heavy (non-hydrogen) atoms. The summed E-state index contributed by atoms with van der Waals surface area (Å²) >= 11 is 1.24. The number of amides is 2. The van der Waals surface area contributed by atoms with E-state index in [9.17, 15) is 19.7 Å². The molecule has 0 saturated carbocycles. The molecule has 1 heterocycles. The third-order valence-electron chi connectivity index (χ3n) is 4.66. The van der Waals surface area contributed by atoms with Crippen LogP contribution in [0.4, 0.5) is 17.1 Å². The number of rotatable bonds is 6. The Balaban J connectivity index is 1.77. The molecule has 1 aliphatic rings. The van der Waals surface area contributed by atoms with Gasteiger partial charge in [0.1, 0.15) is 10.9 Å². The average molecular weight is 426 g/mol. The molecule has 1 N–H and O–H groups in total. The number of nitrogens with zero attached hydrogens (tertiary/aromatic N) is 3. The van der Waals surface area contributed by atoms with Crippen LogP contribution in [0.25, 0.3) is 0 Å². The molecule has 0 radical (unpaired) electrons. The minimum absolute atomic E-state index is 0.0993. The van der Waals surface area contributed by atoms with Crippen molar-refractivity contribution >= 4 is 45.8 Å². The molecule has 2 aromatic rings. The number of hydrogen-bond donors (Lipinski definition) is 1. The highest BCUT2D eigenvalue weighted by molar-refractivity contribution is 8.15. The van der Waals surface area contributed by atoms with Crippen molar-refractivity contribution in [2.24, 2.45) is 4.99 Å². The van der Waals surface area contributed by atoms with Crippen LogP contribution in [-0.2, 0) is 9.59 Å². The number of para-hydroxylation sites is 2. The number of thioether (sulfide) groups is 1. The number of hydrogen-bond acceptors (Lipinski definition) is 6. The lowest BCUT2D eigenvalue weighted by Crippen LogP contribution is -2.33. The zero-order valence-electron chi connectivity index (χ0n) is 16.9. The van der Waals surface area contributed by atoms with Gasteiger partial charge in [0.2, 0.25) is 11.8 Å². The van der Waals surface area contributed by atoms with Crippen molar-refractivity contribution in [3.63, 3.8) is 0 Å². The van der Waals surface area contributed by atoms with E-state index in [1.807, 2.05) is 39.0 Å². The first-order valence-electron chi connectivity index (χ1n) is 9.47. The van der Waals surface area contributed by atoms with E-state index in [0.717, 1.165) is 16.8 Å². The maximum atomic E-state index is 12.8. The summed E-state index contributed by atoms with van der Waals surface area (Å²) in [5.41, 5.74) is 2.77. The number of carbonyl (C=O) groups excluding carboxylic acids is 2. The number of aliphatic imine (C=N–C) groups is 1. The third-order valence-corrected chi connectivity index (χ3v) is 5.84. The standard InChI is InChI=1S/C21H22N4O4S/c1-4-24-20(27)18(30-21(24)23-16-11-13(2)9-10-14(16)3)12-19(26)22-15-7-5-6-8-17(15)25(28)29/h5-11,18H,4,12H2,1-3H3,(H,22,26). The van der Waals surface area contributed by atoms with Crippen LogP contribution in [0.5, 0.6) is 0 Å². The fraction of sp³-hybridized carbons (Fsp3) is 0.286. The van der Waals surface area contributed by atoms with Gasteiger partial charge in [-0.1, -0.05) is 36.0 Å². The molecular formula is C21H22N4O4S. The molecule has 2 amide bonds. The first kappa shape index (κ1) is 21.5. The molecule has 156 valence electrons. The summed E-state index contributed by atoms with van der Waals surface area (Å²) in [6, 6.07) is 11.8. The SMILES string of the molecule is CCN1C(=O)C(CC(=O)Nc2ccccc2[N+](=O)[O-])SC1=Nc1cc(C)ccc1C. The highest BCUT2D eigenvalue weighted by Gasteiger charge is 2.38. The largest absolute Gasteiger partial charge is 0.320 e. The fourth-order valence-corrected chi connectivity index (χ4v) is 4.28. The van der Waals surface area contributed by atoms with Crippen LogP contribution in [-0.4, -0.2) is 38.6 Å². The van der Waals surface area contributed by atoms with Crippen LogP contribution in [0, 0.1) is 24.0 Å². The van der Waals surface area contributed by atoms with Crippen molar-refractivity contribution in [2.75, 3.05) is 11.9 Å². The number of anilines is 1. The first-order valence-corrected chi connectivity index (χ1v) is 10.4. The normalized spacial score (nSPS) is 17.4. The summed E-state index contributed by atoms with van der Waals surface area (Å²) in [6.45, 7) is 6.22. The van der Waals surface area contributed by atoms with Crippen molar-refractivity contribution < 1.29 is 14.5 Å². The second kappa shape index (κ2) is 9.08. The van der Waals surface area contributed by atoms with E-state index >= 15 is 0 Å². The molecule has 0 spiro atoms. The highest BCUT2D eigenvalue weighted by Crippen LogP contribution is 2.33. The van der Waals surface area contributed by atoms with E-state index in [-0.39, 0.29) is 23.7 Å². The number of aryl methyl sites for hydroxylation is 2. The number of nitrogens with one attached hydrogen (secondary N) is 1. The van der Waals surface area contributed by atoms with Crippen molar-refractivity contribution in [1.82, 2.24) is 4.90 Å².